The number of carbonyl (C=O) groups excluding carboxylic acids is 1. The number of hydrogen-bond donors (Lipinski definition) is 1. The minimum absolute atomic E-state index is 0.0292. The fourth-order valence-electron chi connectivity index (χ4n) is 4.33. The molecular formula is C30H22N2O4. The van der Waals surface area contributed by atoms with E-state index in [4.69, 9.17) is 19.9 Å². The number of ether oxygens (including phenoxy) is 3. The van der Waals surface area contributed by atoms with Crippen LogP contribution in [0.3, 0.4) is 0 Å². The number of esters is 1. The molecule has 2 N–H and O–H groups in total. The molecule has 0 amide bonds. The molecule has 4 aromatic carbocycles. The third-order valence-electron chi connectivity index (χ3n) is 5.99. The number of hydrogen-bond acceptors (Lipinski definition) is 6. The van der Waals surface area contributed by atoms with Gasteiger partial charge in [-0.05, 0) is 46.7 Å². The van der Waals surface area contributed by atoms with Gasteiger partial charge in [-0.2, -0.15) is 5.26 Å². The lowest BCUT2D eigenvalue weighted by molar-refractivity contribution is 0.0734. The van der Waals surface area contributed by atoms with Crippen LogP contribution in [0.15, 0.2) is 109 Å². The van der Waals surface area contributed by atoms with E-state index in [9.17, 15) is 10.1 Å². The smallest absolute Gasteiger partial charge is 0.343 e. The molecule has 5 rings (SSSR count). The van der Waals surface area contributed by atoms with Crippen LogP contribution in [-0.4, -0.2) is 12.6 Å². The van der Waals surface area contributed by atoms with E-state index in [0.717, 1.165) is 21.9 Å². The fourth-order valence-corrected chi connectivity index (χ4v) is 4.33. The summed E-state index contributed by atoms with van der Waals surface area (Å²) in [6, 6.07) is 28.0. The van der Waals surface area contributed by atoms with Gasteiger partial charge in [0.15, 0.2) is 0 Å². The summed E-state index contributed by atoms with van der Waals surface area (Å²) in [6.45, 7) is 3.99. The van der Waals surface area contributed by atoms with E-state index in [1.54, 1.807) is 48.5 Å². The van der Waals surface area contributed by atoms with Crippen LogP contribution < -0.4 is 19.9 Å². The molecule has 0 saturated carbocycles. The molecule has 0 bridgehead atoms. The number of allylic oxidation sites excluding steroid dienone is 1. The Morgan fingerprint density at radius 3 is 2.53 bits per heavy atom. The highest BCUT2D eigenvalue weighted by Crippen LogP contribution is 2.45. The fraction of sp³-hybridized carbons (Fsp3) is 0.0667. The van der Waals surface area contributed by atoms with Crippen LogP contribution >= 0.6 is 0 Å². The monoisotopic (exact) mass is 474 g/mol. The summed E-state index contributed by atoms with van der Waals surface area (Å²) in [6.07, 6.45) is 1.65. The van der Waals surface area contributed by atoms with Crippen LogP contribution in [-0.2, 0) is 0 Å². The van der Waals surface area contributed by atoms with Gasteiger partial charge < -0.3 is 19.9 Å². The van der Waals surface area contributed by atoms with E-state index < -0.39 is 11.9 Å². The molecule has 36 heavy (non-hydrogen) atoms. The zero-order valence-electron chi connectivity index (χ0n) is 19.3. The van der Waals surface area contributed by atoms with Crippen molar-refractivity contribution in [3.63, 3.8) is 0 Å². The molecule has 0 aliphatic carbocycles. The Morgan fingerprint density at radius 2 is 1.75 bits per heavy atom. The molecule has 0 spiro atoms. The Hall–Kier alpha value is -5.02. The minimum Gasteiger partial charge on any atom is -0.490 e. The van der Waals surface area contributed by atoms with Gasteiger partial charge in [0, 0.05) is 11.6 Å². The van der Waals surface area contributed by atoms with Crippen LogP contribution in [0.1, 0.15) is 27.4 Å². The predicted molar refractivity (Wildman–Crippen MR) is 137 cm³/mol. The van der Waals surface area contributed by atoms with E-state index in [-0.39, 0.29) is 5.88 Å². The van der Waals surface area contributed by atoms with Gasteiger partial charge in [-0.3, -0.25) is 0 Å². The lowest BCUT2D eigenvalue weighted by atomic mass is 9.81. The summed E-state index contributed by atoms with van der Waals surface area (Å²) in [7, 11) is 0. The standard InChI is InChI=1S/C30H22N2O4/c1-2-16-34-21-12-10-20(11-13-21)30(33)35-22-14-15-25-27(17-22)36-29(32)26(18-31)28(25)24-9-5-7-19-6-3-4-8-23(19)24/h2-15,17,28H,1,16,32H2. The highest BCUT2D eigenvalue weighted by molar-refractivity contribution is 5.91. The molecule has 1 heterocycles. The van der Waals surface area contributed by atoms with Crippen LogP contribution in [0.2, 0.25) is 0 Å². The Kier molecular flexibility index (Phi) is 6.12. The molecule has 1 atom stereocenters. The van der Waals surface area contributed by atoms with Crippen molar-refractivity contribution >= 4 is 16.7 Å². The summed E-state index contributed by atoms with van der Waals surface area (Å²) in [4.78, 5) is 12.7. The lowest BCUT2D eigenvalue weighted by Gasteiger charge is -2.27. The van der Waals surface area contributed by atoms with E-state index in [0.29, 0.717) is 35.0 Å². The Labute approximate surface area is 208 Å². The Bertz CT molecular complexity index is 1540. The number of nitriles is 1. The maximum Gasteiger partial charge on any atom is 0.343 e. The molecule has 176 valence electrons. The first kappa shape index (κ1) is 22.8. The van der Waals surface area contributed by atoms with Gasteiger partial charge >= 0.3 is 5.97 Å². The van der Waals surface area contributed by atoms with Gasteiger partial charge in [-0.15, -0.1) is 0 Å². The van der Waals surface area contributed by atoms with Crippen molar-refractivity contribution in [1.29, 1.82) is 5.26 Å². The molecule has 0 fully saturated rings. The average molecular weight is 475 g/mol. The molecule has 0 radical (unpaired) electrons. The van der Waals surface area contributed by atoms with E-state index in [1.165, 1.54) is 0 Å². The number of benzene rings is 4. The molecule has 6 heteroatoms. The van der Waals surface area contributed by atoms with Crippen LogP contribution in [0.4, 0.5) is 0 Å². The average Bonchev–Trinajstić information content (AvgIpc) is 2.91. The third-order valence-corrected chi connectivity index (χ3v) is 5.99. The third kappa shape index (κ3) is 4.26. The van der Waals surface area contributed by atoms with Crippen LogP contribution in [0.25, 0.3) is 10.8 Å². The van der Waals surface area contributed by atoms with E-state index >= 15 is 0 Å². The summed E-state index contributed by atoms with van der Waals surface area (Å²) >= 11 is 0. The Balaban J connectivity index is 1.47. The van der Waals surface area contributed by atoms with Crippen molar-refractivity contribution in [2.24, 2.45) is 5.73 Å². The van der Waals surface area contributed by atoms with Gasteiger partial charge in [0.25, 0.3) is 0 Å². The molecule has 6 nitrogen and oxygen atoms in total. The second kappa shape index (κ2) is 9.69. The molecule has 0 saturated heterocycles. The first-order valence-corrected chi connectivity index (χ1v) is 11.3. The molecule has 1 unspecified atom stereocenters. The minimum atomic E-state index is -0.520. The molecule has 0 aromatic heterocycles. The second-order valence-corrected chi connectivity index (χ2v) is 8.21. The van der Waals surface area contributed by atoms with Crippen molar-refractivity contribution in [2.45, 2.75) is 5.92 Å². The first-order chi connectivity index (χ1) is 17.6. The van der Waals surface area contributed by atoms with Crippen molar-refractivity contribution < 1.29 is 19.0 Å². The maximum atomic E-state index is 12.7. The van der Waals surface area contributed by atoms with Gasteiger partial charge in [0.05, 0.1) is 11.5 Å². The molecular weight excluding hydrogens is 452 g/mol. The van der Waals surface area contributed by atoms with Crippen molar-refractivity contribution in [3.8, 4) is 23.3 Å². The van der Waals surface area contributed by atoms with E-state index in [1.807, 2.05) is 42.5 Å². The highest BCUT2D eigenvalue weighted by Gasteiger charge is 2.32. The lowest BCUT2D eigenvalue weighted by Crippen LogP contribution is -2.21. The molecule has 1 aliphatic rings. The number of carbonyl (C=O) groups is 1. The molecule has 1 aliphatic heterocycles. The highest BCUT2D eigenvalue weighted by atomic mass is 16.5. The van der Waals surface area contributed by atoms with Crippen molar-refractivity contribution in [3.05, 3.63) is 126 Å². The van der Waals surface area contributed by atoms with Crippen LogP contribution in [0.5, 0.6) is 17.2 Å². The normalized spacial score (nSPS) is 14.4. The summed E-state index contributed by atoms with van der Waals surface area (Å²) in [5.41, 5.74) is 8.60. The van der Waals surface area contributed by atoms with Gasteiger partial charge in [0.1, 0.15) is 35.5 Å². The van der Waals surface area contributed by atoms with Crippen LogP contribution in [0, 0.1) is 11.3 Å². The van der Waals surface area contributed by atoms with Gasteiger partial charge in [-0.1, -0.05) is 61.2 Å². The summed E-state index contributed by atoms with van der Waals surface area (Å²) in [5, 5.41) is 12.0. The van der Waals surface area contributed by atoms with Crippen molar-refractivity contribution in [1.82, 2.24) is 0 Å². The van der Waals surface area contributed by atoms with E-state index in [2.05, 4.69) is 12.6 Å². The number of fused-ring (bicyclic) bond motifs is 2. The topological polar surface area (TPSA) is 94.6 Å². The number of rotatable bonds is 6. The zero-order chi connectivity index (χ0) is 25.1. The second-order valence-electron chi connectivity index (χ2n) is 8.21. The SMILES string of the molecule is C=CCOc1ccc(C(=O)Oc2ccc3c(c2)OC(N)=C(C#N)C3c2cccc3ccccc23)cc1. The Morgan fingerprint density at radius 1 is 1.00 bits per heavy atom. The van der Waals surface area contributed by atoms with Gasteiger partial charge in [-0.25, -0.2) is 4.79 Å². The molecule has 4 aromatic rings. The zero-order valence-corrected chi connectivity index (χ0v) is 19.3. The van der Waals surface area contributed by atoms with Gasteiger partial charge in [0.2, 0.25) is 5.88 Å². The predicted octanol–water partition coefficient (Wildman–Crippen LogP) is 5.84. The largest absolute Gasteiger partial charge is 0.490 e. The number of nitrogens with zero attached hydrogens (tertiary/aromatic N) is 1. The summed E-state index contributed by atoms with van der Waals surface area (Å²) in [5.74, 6) is 0.453. The maximum absolute atomic E-state index is 12.7. The number of nitrogens with two attached hydrogens (primary N) is 1. The van der Waals surface area contributed by atoms with Crippen molar-refractivity contribution in [2.75, 3.05) is 6.61 Å². The summed E-state index contributed by atoms with van der Waals surface area (Å²) < 4.78 is 16.8. The first-order valence-electron chi connectivity index (χ1n) is 11.3. The quantitative estimate of drug-likeness (QED) is 0.214.